The minimum absolute atomic E-state index is 0.574. The summed E-state index contributed by atoms with van der Waals surface area (Å²) >= 11 is 0. The van der Waals surface area contributed by atoms with Crippen molar-refractivity contribution in [1.29, 1.82) is 0 Å². The summed E-state index contributed by atoms with van der Waals surface area (Å²) < 4.78 is 5.40. The van der Waals surface area contributed by atoms with Gasteiger partial charge in [0.1, 0.15) is 0 Å². The zero-order valence-electron chi connectivity index (χ0n) is 8.18. The second kappa shape index (κ2) is 5.51. The Morgan fingerprint density at radius 1 is 1.58 bits per heavy atom. The van der Waals surface area contributed by atoms with Gasteiger partial charge in [-0.05, 0) is 20.0 Å². The van der Waals surface area contributed by atoms with E-state index >= 15 is 0 Å². The molecule has 12 heavy (non-hydrogen) atoms. The quantitative estimate of drug-likeness (QED) is 0.618. The molecular weight excluding hydrogens is 152 g/mol. The molecule has 1 aliphatic rings. The molecule has 0 amide bonds. The van der Waals surface area contributed by atoms with Crippen molar-refractivity contribution < 1.29 is 4.74 Å². The highest BCUT2D eigenvalue weighted by molar-refractivity contribution is 4.74. The monoisotopic (exact) mass is 172 g/mol. The number of likely N-dealkylation sites (N-methyl/N-ethyl adjacent to an activating group) is 1. The molecule has 1 saturated heterocycles. The van der Waals surface area contributed by atoms with Crippen molar-refractivity contribution in [1.82, 2.24) is 10.2 Å². The van der Waals surface area contributed by atoms with Crippen molar-refractivity contribution in [3.05, 3.63) is 0 Å². The van der Waals surface area contributed by atoms with Crippen LogP contribution in [0, 0.1) is 0 Å². The Hall–Kier alpha value is -0.120. The molecule has 1 fully saturated rings. The standard InChI is InChI=1S/C9H20N2O/c1-3-4-10-7-9-8-12-6-5-11(9)2/h9-10H,3-8H2,1-2H3. The van der Waals surface area contributed by atoms with Crippen LogP contribution in [0.15, 0.2) is 0 Å². The second-order valence-electron chi connectivity index (χ2n) is 3.41. The molecule has 1 atom stereocenters. The molecule has 0 radical (unpaired) electrons. The molecule has 1 unspecified atom stereocenters. The summed E-state index contributed by atoms with van der Waals surface area (Å²) in [6.45, 7) is 7.20. The van der Waals surface area contributed by atoms with E-state index in [0.29, 0.717) is 6.04 Å². The number of ether oxygens (including phenoxy) is 1. The lowest BCUT2D eigenvalue weighted by molar-refractivity contribution is 0.00652. The fraction of sp³-hybridized carbons (Fsp3) is 1.00. The van der Waals surface area contributed by atoms with Gasteiger partial charge in [0.05, 0.1) is 13.2 Å². The van der Waals surface area contributed by atoms with Gasteiger partial charge in [0.25, 0.3) is 0 Å². The van der Waals surface area contributed by atoms with E-state index in [0.717, 1.165) is 32.8 Å². The van der Waals surface area contributed by atoms with Gasteiger partial charge in [-0.25, -0.2) is 0 Å². The topological polar surface area (TPSA) is 24.5 Å². The van der Waals surface area contributed by atoms with Crippen LogP contribution in [0.4, 0.5) is 0 Å². The van der Waals surface area contributed by atoms with E-state index in [4.69, 9.17) is 4.74 Å². The Kier molecular flexibility index (Phi) is 4.58. The van der Waals surface area contributed by atoms with Gasteiger partial charge in [-0.2, -0.15) is 0 Å². The summed E-state index contributed by atoms with van der Waals surface area (Å²) in [4.78, 5) is 2.37. The van der Waals surface area contributed by atoms with Crippen LogP contribution >= 0.6 is 0 Å². The Morgan fingerprint density at radius 3 is 3.08 bits per heavy atom. The maximum absolute atomic E-state index is 5.40. The number of hydrogen-bond donors (Lipinski definition) is 1. The van der Waals surface area contributed by atoms with Crippen molar-refractivity contribution in [3.8, 4) is 0 Å². The van der Waals surface area contributed by atoms with E-state index in [2.05, 4.69) is 24.2 Å². The largest absolute Gasteiger partial charge is 0.378 e. The van der Waals surface area contributed by atoms with Gasteiger partial charge in [0.2, 0.25) is 0 Å². The van der Waals surface area contributed by atoms with Crippen molar-refractivity contribution in [2.75, 3.05) is 39.9 Å². The molecule has 1 rings (SSSR count). The van der Waals surface area contributed by atoms with Crippen LogP contribution in [-0.2, 0) is 4.74 Å². The highest BCUT2D eigenvalue weighted by atomic mass is 16.5. The third-order valence-corrected chi connectivity index (χ3v) is 2.33. The SMILES string of the molecule is CCCNCC1COCCN1C. The van der Waals surface area contributed by atoms with Crippen LogP contribution in [0.25, 0.3) is 0 Å². The van der Waals surface area contributed by atoms with Crippen molar-refractivity contribution in [2.24, 2.45) is 0 Å². The minimum Gasteiger partial charge on any atom is -0.378 e. The predicted octanol–water partition coefficient (Wildman–Crippen LogP) is 0.317. The van der Waals surface area contributed by atoms with Crippen LogP contribution in [0.1, 0.15) is 13.3 Å². The third kappa shape index (κ3) is 3.09. The van der Waals surface area contributed by atoms with Gasteiger partial charge < -0.3 is 10.1 Å². The molecular formula is C9H20N2O. The zero-order chi connectivity index (χ0) is 8.81. The van der Waals surface area contributed by atoms with E-state index in [1.165, 1.54) is 6.42 Å². The van der Waals surface area contributed by atoms with E-state index < -0.39 is 0 Å². The van der Waals surface area contributed by atoms with E-state index in [1.54, 1.807) is 0 Å². The first-order valence-corrected chi connectivity index (χ1v) is 4.83. The molecule has 3 heteroatoms. The molecule has 0 spiro atoms. The highest BCUT2D eigenvalue weighted by Crippen LogP contribution is 2.02. The molecule has 0 aromatic carbocycles. The molecule has 0 bridgehead atoms. The fourth-order valence-corrected chi connectivity index (χ4v) is 1.40. The van der Waals surface area contributed by atoms with Crippen LogP contribution < -0.4 is 5.32 Å². The summed E-state index contributed by atoms with van der Waals surface area (Å²) in [7, 11) is 2.17. The van der Waals surface area contributed by atoms with Gasteiger partial charge in [-0.15, -0.1) is 0 Å². The maximum atomic E-state index is 5.40. The summed E-state index contributed by atoms with van der Waals surface area (Å²) in [6.07, 6.45) is 1.21. The summed E-state index contributed by atoms with van der Waals surface area (Å²) in [5, 5.41) is 3.41. The van der Waals surface area contributed by atoms with Crippen LogP contribution in [-0.4, -0.2) is 50.8 Å². The highest BCUT2D eigenvalue weighted by Gasteiger charge is 2.18. The van der Waals surface area contributed by atoms with Crippen LogP contribution in [0.5, 0.6) is 0 Å². The Bertz CT molecular complexity index is 119. The smallest absolute Gasteiger partial charge is 0.0634 e. The van der Waals surface area contributed by atoms with Crippen molar-refractivity contribution in [3.63, 3.8) is 0 Å². The predicted molar refractivity (Wildman–Crippen MR) is 50.4 cm³/mol. The zero-order valence-corrected chi connectivity index (χ0v) is 8.18. The van der Waals surface area contributed by atoms with E-state index in [-0.39, 0.29) is 0 Å². The molecule has 1 heterocycles. The number of nitrogens with zero attached hydrogens (tertiary/aromatic N) is 1. The number of rotatable bonds is 4. The van der Waals surface area contributed by atoms with Crippen molar-refractivity contribution >= 4 is 0 Å². The summed E-state index contributed by atoms with van der Waals surface area (Å²) in [5.74, 6) is 0. The normalized spacial score (nSPS) is 26.0. The summed E-state index contributed by atoms with van der Waals surface area (Å²) in [5.41, 5.74) is 0. The van der Waals surface area contributed by atoms with Gasteiger partial charge >= 0.3 is 0 Å². The second-order valence-corrected chi connectivity index (χ2v) is 3.41. The third-order valence-electron chi connectivity index (χ3n) is 2.33. The molecule has 1 N–H and O–H groups in total. The van der Waals surface area contributed by atoms with Crippen LogP contribution in [0.3, 0.4) is 0 Å². The number of nitrogens with one attached hydrogen (secondary N) is 1. The molecule has 72 valence electrons. The molecule has 0 aliphatic carbocycles. The van der Waals surface area contributed by atoms with E-state index in [1.807, 2.05) is 0 Å². The minimum atomic E-state index is 0.574. The lowest BCUT2D eigenvalue weighted by atomic mass is 10.2. The Labute approximate surface area is 75.1 Å². The first kappa shape index (κ1) is 9.96. The lowest BCUT2D eigenvalue weighted by Crippen LogP contribution is -2.48. The number of hydrogen-bond acceptors (Lipinski definition) is 3. The first-order valence-electron chi connectivity index (χ1n) is 4.83. The average Bonchev–Trinajstić information content (AvgIpc) is 2.09. The van der Waals surface area contributed by atoms with Crippen molar-refractivity contribution in [2.45, 2.75) is 19.4 Å². The van der Waals surface area contributed by atoms with Gasteiger partial charge in [0, 0.05) is 19.1 Å². The van der Waals surface area contributed by atoms with Gasteiger partial charge in [0.15, 0.2) is 0 Å². The fourth-order valence-electron chi connectivity index (χ4n) is 1.40. The maximum Gasteiger partial charge on any atom is 0.0634 e. The molecule has 0 saturated carbocycles. The van der Waals surface area contributed by atoms with Gasteiger partial charge in [-0.3, -0.25) is 4.90 Å². The molecule has 0 aromatic rings. The Morgan fingerprint density at radius 2 is 2.42 bits per heavy atom. The molecule has 3 nitrogen and oxygen atoms in total. The Balaban J connectivity index is 2.11. The first-order chi connectivity index (χ1) is 5.84. The average molecular weight is 172 g/mol. The number of morpholine rings is 1. The van der Waals surface area contributed by atoms with E-state index in [9.17, 15) is 0 Å². The molecule has 0 aromatic heterocycles. The van der Waals surface area contributed by atoms with Crippen LogP contribution in [0.2, 0.25) is 0 Å². The summed E-state index contributed by atoms with van der Waals surface area (Å²) in [6, 6.07) is 0.574. The lowest BCUT2D eigenvalue weighted by Gasteiger charge is -2.32. The molecule has 1 aliphatic heterocycles. The van der Waals surface area contributed by atoms with Gasteiger partial charge in [-0.1, -0.05) is 6.92 Å².